The molecule has 26 heavy (non-hydrogen) atoms. The van der Waals surface area contributed by atoms with E-state index in [0.29, 0.717) is 11.1 Å². The second kappa shape index (κ2) is 9.04. The molecule has 136 valence electrons. The third-order valence-corrected chi connectivity index (χ3v) is 3.31. The van der Waals surface area contributed by atoms with Gasteiger partial charge in [-0.15, -0.1) is 0 Å². The molecule has 0 spiro atoms. The van der Waals surface area contributed by atoms with Crippen molar-refractivity contribution in [1.82, 2.24) is 5.32 Å². The van der Waals surface area contributed by atoms with E-state index in [-0.39, 0.29) is 28.1 Å². The Morgan fingerprint density at radius 1 is 0.962 bits per heavy atom. The first-order valence-electron chi connectivity index (χ1n) is 6.94. The summed E-state index contributed by atoms with van der Waals surface area (Å²) in [6.45, 7) is 0. The molecule has 0 atom stereocenters. The van der Waals surface area contributed by atoms with Gasteiger partial charge in [0.2, 0.25) is 0 Å². The van der Waals surface area contributed by atoms with Gasteiger partial charge in [0, 0.05) is 5.56 Å². The molecule has 9 N–H and O–H groups in total. The Hall–Kier alpha value is -3.59. The van der Waals surface area contributed by atoms with Gasteiger partial charge in [0.1, 0.15) is 0 Å². The predicted molar refractivity (Wildman–Crippen MR) is 97.8 cm³/mol. The molecule has 0 fully saturated rings. The Morgan fingerprint density at radius 2 is 1.50 bits per heavy atom. The summed E-state index contributed by atoms with van der Waals surface area (Å²) in [6.07, 6.45) is 0. The molecule has 0 radical (unpaired) electrons. The average molecular weight is 378 g/mol. The molecule has 0 saturated heterocycles. The average Bonchev–Trinajstić information content (AvgIpc) is 2.54. The van der Waals surface area contributed by atoms with Crippen LogP contribution in [0.1, 0.15) is 20.7 Å². The number of carboxylic acid groups (broad SMARTS) is 2. The van der Waals surface area contributed by atoms with Crippen LogP contribution in [0.4, 0.5) is 0 Å². The van der Waals surface area contributed by atoms with Crippen LogP contribution in [-0.4, -0.2) is 34.1 Å². The summed E-state index contributed by atoms with van der Waals surface area (Å²) in [4.78, 5) is 22.1. The zero-order valence-corrected chi connectivity index (χ0v) is 14.0. The number of benzene rings is 2. The van der Waals surface area contributed by atoms with Crippen molar-refractivity contribution in [3.05, 3.63) is 58.6 Å². The Morgan fingerprint density at radius 3 is 1.88 bits per heavy atom. The SMILES string of the molecule is N=C(N)NC(=N)N.O=C(O)c1cc(C(=O)O)c(Cl)c(-c2ccccc2)c1. The van der Waals surface area contributed by atoms with Gasteiger partial charge in [0.15, 0.2) is 11.9 Å². The van der Waals surface area contributed by atoms with E-state index in [2.05, 4.69) is 0 Å². The molecule has 10 heteroatoms. The number of halogens is 1. The highest BCUT2D eigenvalue weighted by Crippen LogP contribution is 2.32. The van der Waals surface area contributed by atoms with Crippen molar-refractivity contribution >= 4 is 35.5 Å². The van der Waals surface area contributed by atoms with Crippen molar-refractivity contribution in [3.63, 3.8) is 0 Å². The maximum atomic E-state index is 11.1. The highest BCUT2D eigenvalue weighted by Gasteiger charge is 2.18. The van der Waals surface area contributed by atoms with Crippen LogP contribution < -0.4 is 16.8 Å². The lowest BCUT2D eigenvalue weighted by atomic mass is 9.99. The van der Waals surface area contributed by atoms with Crippen molar-refractivity contribution in [2.75, 3.05) is 0 Å². The van der Waals surface area contributed by atoms with E-state index in [1.165, 1.54) is 6.07 Å². The van der Waals surface area contributed by atoms with Gasteiger partial charge in [-0.25, -0.2) is 9.59 Å². The van der Waals surface area contributed by atoms with Gasteiger partial charge < -0.3 is 21.7 Å². The minimum Gasteiger partial charge on any atom is -0.478 e. The second-order valence-electron chi connectivity index (χ2n) is 4.81. The van der Waals surface area contributed by atoms with Crippen molar-refractivity contribution in [2.45, 2.75) is 0 Å². The van der Waals surface area contributed by atoms with E-state index >= 15 is 0 Å². The summed E-state index contributed by atoms with van der Waals surface area (Å²) >= 11 is 6.04. The van der Waals surface area contributed by atoms with E-state index in [1.807, 2.05) is 5.32 Å². The van der Waals surface area contributed by atoms with Crippen LogP contribution in [0.3, 0.4) is 0 Å². The largest absolute Gasteiger partial charge is 0.478 e. The van der Waals surface area contributed by atoms with Gasteiger partial charge in [-0.2, -0.15) is 0 Å². The van der Waals surface area contributed by atoms with E-state index in [9.17, 15) is 9.59 Å². The van der Waals surface area contributed by atoms with Crippen LogP contribution in [0.5, 0.6) is 0 Å². The summed E-state index contributed by atoms with van der Waals surface area (Å²) in [6, 6.07) is 11.2. The molecule has 0 saturated carbocycles. The molecule has 0 aliphatic rings. The topological polar surface area (TPSA) is 186 Å². The first kappa shape index (κ1) is 20.5. The molecule has 0 aliphatic carbocycles. The molecular formula is C16H16ClN5O4. The molecule has 0 unspecified atom stereocenters. The number of carboxylic acids is 2. The molecule has 0 heterocycles. The van der Waals surface area contributed by atoms with Gasteiger partial charge >= 0.3 is 11.9 Å². The molecule has 9 nitrogen and oxygen atoms in total. The number of rotatable bonds is 3. The maximum absolute atomic E-state index is 11.1. The van der Waals surface area contributed by atoms with Gasteiger partial charge in [0.25, 0.3) is 0 Å². The number of carbonyl (C=O) groups is 2. The Labute approximate surface area is 153 Å². The summed E-state index contributed by atoms with van der Waals surface area (Å²) in [5.41, 5.74) is 10.2. The first-order chi connectivity index (χ1) is 12.1. The summed E-state index contributed by atoms with van der Waals surface area (Å²) in [7, 11) is 0. The maximum Gasteiger partial charge on any atom is 0.337 e. The second-order valence-corrected chi connectivity index (χ2v) is 5.19. The number of hydrogen-bond acceptors (Lipinski definition) is 4. The fraction of sp³-hybridized carbons (Fsp3) is 0. The highest BCUT2D eigenvalue weighted by molar-refractivity contribution is 6.36. The summed E-state index contributed by atoms with van der Waals surface area (Å²) in [5.74, 6) is -3.08. The number of nitrogens with two attached hydrogens (primary N) is 2. The molecule has 2 aromatic rings. The minimum absolute atomic E-state index is 0.0312. The molecular weight excluding hydrogens is 362 g/mol. The van der Waals surface area contributed by atoms with Crippen LogP contribution in [0, 0.1) is 10.8 Å². The lowest BCUT2D eigenvalue weighted by Crippen LogP contribution is -2.39. The van der Waals surface area contributed by atoms with Crippen LogP contribution >= 0.6 is 11.6 Å². The van der Waals surface area contributed by atoms with E-state index < -0.39 is 11.9 Å². The van der Waals surface area contributed by atoms with Crippen LogP contribution in [0.25, 0.3) is 11.1 Å². The lowest BCUT2D eigenvalue weighted by Gasteiger charge is -2.09. The number of hydrogen-bond donors (Lipinski definition) is 7. The first-order valence-corrected chi connectivity index (χ1v) is 7.32. The monoisotopic (exact) mass is 377 g/mol. The predicted octanol–water partition coefficient (Wildman–Crippen LogP) is 1.77. The molecule has 2 rings (SSSR count). The third kappa shape index (κ3) is 5.80. The number of nitrogens with one attached hydrogen (secondary N) is 3. The molecule has 2 aromatic carbocycles. The Kier molecular flexibility index (Phi) is 7.11. The van der Waals surface area contributed by atoms with Gasteiger partial charge in [0.05, 0.1) is 16.1 Å². The quantitative estimate of drug-likeness (QED) is 0.313. The molecule has 0 aromatic heterocycles. The number of guanidine groups is 2. The highest BCUT2D eigenvalue weighted by atomic mass is 35.5. The van der Waals surface area contributed by atoms with E-state index in [0.717, 1.165) is 6.07 Å². The van der Waals surface area contributed by atoms with Crippen LogP contribution in [0.15, 0.2) is 42.5 Å². The lowest BCUT2D eigenvalue weighted by molar-refractivity contribution is 0.0696. The summed E-state index contributed by atoms with van der Waals surface area (Å²) < 4.78 is 0. The van der Waals surface area contributed by atoms with Gasteiger partial charge in [-0.05, 0) is 17.7 Å². The van der Waals surface area contributed by atoms with Crippen molar-refractivity contribution in [1.29, 1.82) is 10.8 Å². The fourth-order valence-electron chi connectivity index (χ4n) is 1.88. The molecule has 0 aliphatic heterocycles. The van der Waals surface area contributed by atoms with Gasteiger partial charge in [-0.3, -0.25) is 16.1 Å². The number of aromatic carboxylic acids is 2. The Balaban J connectivity index is 0.000000412. The van der Waals surface area contributed by atoms with Crippen molar-refractivity contribution in [2.24, 2.45) is 11.5 Å². The van der Waals surface area contributed by atoms with E-state index in [1.54, 1.807) is 30.3 Å². The zero-order valence-electron chi connectivity index (χ0n) is 13.3. The van der Waals surface area contributed by atoms with E-state index in [4.69, 9.17) is 44.1 Å². The fourth-order valence-corrected chi connectivity index (χ4v) is 2.18. The van der Waals surface area contributed by atoms with Crippen LogP contribution in [-0.2, 0) is 0 Å². The molecule has 0 bridgehead atoms. The standard InChI is InChI=1S/C14H9ClO4.C2H7N5/c15-12-10(8-4-2-1-3-5-8)6-9(13(16)17)7-11(12)14(18)19;3-1(4)7-2(5)6/h1-7H,(H,16,17)(H,18,19);(H7,3,4,5,6,7). The van der Waals surface area contributed by atoms with Crippen molar-refractivity contribution < 1.29 is 19.8 Å². The smallest absolute Gasteiger partial charge is 0.337 e. The normalized spacial score (nSPS) is 9.42. The third-order valence-electron chi connectivity index (χ3n) is 2.90. The zero-order chi connectivity index (χ0) is 19.9. The van der Waals surface area contributed by atoms with Gasteiger partial charge in [-0.1, -0.05) is 41.9 Å². The van der Waals surface area contributed by atoms with Crippen molar-refractivity contribution in [3.8, 4) is 11.1 Å². The minimum atomic E-state index is -1.26. The Bertz CT molecular complexity index is 843. The summed E-state index contributed by atoms with van der Waals surface area (Å²) in [5, 5.41) is 33.1. The molecule has 0 amide bonds. The van der Waals surface area contributed by atoms with Crippen LogP contribution in [0.2, 0.25) is 5.02 Å².